The quantitative estimate of drug-likeness (QED) is 0.309. The first-order valence-corrected chi connectivity index (χ1v) is 12.6. The molecule has 0 bridgehead atoms. The highest BCUT2D eigenvalue weighted by Crippen LogP contribution is 2.33. The summed E-state index contributed by atoms with van der Waals surface area (Å²) in [5.74, 6) is 0.234. The van der Waals surface area contributed by atoms with Crippen LogP contribution in [0.2, 0.25) is 0 Å². The van der Waals surface area contributed by atoms with Crippen molar-refractivity contribution in [3.8, 4) is 16.9 Å². The van der Waals surface area contributed by atoms with Gasteiger partial charge in [0.2, 0.25) is 0 Å². The Morgan fingerprint density at radius 1 is 0.897 bits per heavy atom. The summed E-state index contributed by atoms with van der Waals surface area (Å²) in [5, 5.41) is 17.8. The summed E-state index contributed by atoms with van der Waals surface area (Å²) < 4.78 is 44.1. The number of hydrogen-bond donors (Lipinski definition) is 2. The molecule has 2 aliphatic rings. The van der Waals surface area contributed by atoms with E-state index in [1.807, 2.05) is 30.3 Å². The monoisotopic (exact) mass is 539 g/mol. The Bertz CT molecular complexity index is 1310. The van der Waals surface area contributed by atoms with Crippen LogP contribution in [-0.2, 0) is 12.7 Å². The Balaban J connectivity index is 1.15. The van der Waals surface area contributed by atoms with Crippen molar-refractivity contribution in [2.24, 2.45) is 0 Å². The molecule has 0 aromatic heterocycles. The van der Waals surface area contributed by atoms with Gasteiger partial charge in [0.1, 0.15) is 12.8 Å². The second-order valence-corrected chi connectivity index (χ2v) is 9.47. The molecule has 0 atom stereocenters. The molecule has 0 unspecified atom stereocenters. The Morgan fingerprint density at radius 2 is 1.51 bits per heavy atom. The lowest BCUT2D eigenvalue weighted by molar-refractivity contribution is -0.385. The fraction of sp³-hybridized carbons (Fsp3) is 0.286. The van der Waals surface area contributed by atoms with E-state index in [0.29, 0.717) is 0 Å². The molecule has 204 valence electrons. The number of anilines is 1. The maximum absolute atomic E-state index is 12.8. The third-order valence-corrected chi connectivity index (χ3v) is 6.87. The van der Waals surface area contributed by atoms with Crippen molar-refractivity contribution in [2.45, 2.75) is 18.9 Å². The van der Waals surface area contributed by atoms with E-state index in [0.717, 1.165) is 67.2 Å². The summed E-state index contributed by atoms with van der Waals surface area (Å²) >= 11 is 0. The standard InChI is InChI=1S/C28H28F3N5O3/c29-28(30,31)23-7-5-22(6-8-23)21-3-1-20(2-4-21)18-34-13-15-35(16-14-34)24-9-10-26(25(17-24)36(37)38)39-19-27-32-11-12-33-27/h1-12,17,27,32-33H,13-16,18-19H2. The molecule has 0 amide bonds. The van der Waals surface area contributed by atoms with E-state index >= 15 is 0 Å². The van der Waals surface area contributed by atoms with Gasteiger partial charge in [-0.2, -0.15) is 13.2 Å². The Labute approximate surface area is 223 Å². The maximum Gasteiger partial charge on any atom is 0.416 e. The summed E-state index contributed by atoms with van der Waals surface area (Å²) in [4.78, 5) is 15.7. The SMILES string of the molecule is O=[N+]([O-])c1cc(N2CCN(Cc3ccc(-c4ccc(C(F)(F)F)cc4)cc3)CC2)ccc1OCC1NC=CN1. The maximum atomic E-state index is 12.8. The van der Waals surface area contributed by atoms with Gasteiger partial charge in [-0.3, -0.25) is 15.0 Å². The largest absolute Gasteiger partial charge is 0.483 e. The van der Waals surface area contributed by atoms with Crippen LogP contribution in [0.3, 0.4) is 0 Å². The van der Waals surface area contributed by atoms with Crippen molar-refractivity contribution in [3.05, 3.63) is 100 Å². The minimum atomic E-state index is -4.35. The zero-order valence-electron chi connectivity index (χ0n) is 21.0. The molecule has 0 spiro atoms. The van der Waals surface area contributed by atoms with Gasteiger partial charge in [0, 0.05) is 56.9 Å². The number of nitrogens with one attached hydrogen (secondary N) is 2. The smallest absolute Gasteiger partial charge is 0.416 e. The molecule has 3 aromatic carbocycles. The van der Waals surface area contributed by atoms with Gasteiger partial charge in [0.05, 0.1) is 10.5 Å². The first kappa shape index (κ1) is 26.4. The van der Waals surface area contributed by atoms with Crippen LogP contribution in [0.1, 0.15) is 11.1 Å². The van der Waals surface area contributed by atoms with Gasteiger partial charge in [0.25, 0.3) is 0 Å². The minimum absolute atomic E-state index is 0.0611. The fourth-order valence-electron chi connectivity index (χ4n) is 4.69. The highest BCUT2D eigenvalue weighted by molar-refractivity contribution is 5.64. The summed E-state index contributed by atoms with van der Waals surface area (Å²) in [5.41, 5.74) is 2.77. The molecular weight excluding hydrogens is 511 g/mol. The van der Waals surface area contributed by atoms with E-state index in [9.17, 15) is 23.3 Å². The van der Waals surface area contributed by atoms with Gasteiger partial charge in [-0.25, -0.2) is 0 Å². The number of nitrogens with zero attached hydrogens (tertiary/aromatic N) is 3. The molecule has 1 saturated heterocycles. The lowest BCUT2D eigenvalue weighted by Crippen LogP contribution is -2.46. The van der Waals surface area contributed by atoms with Gasteiger partial charge in [-0.1, -0.05) is 36.4 Å². The number of halogens is 3. The minimum Gasteiger partial charge on any atom is -0.483 e. The van der Waals surface area contributed by atoms with E-state index in [1.54, 1.807) is 24.5 Å². The molecule has 0 saturated carbocycles. The van der Waals surface area contributed by atoms with E-state index in [4.69, 9.17) is 4.74 Å². The highest BCUT2D eigenvalue weighted by atomic mass is 19.4. The Morgan fingerprint density at radius 3 is 2.10 bits per heavy atom. The molecule has 0 aliphatic carbocycles. The number of nitro groups is 1. The molecule has 5 rings (SSSR count). The number of nitro benzene ring substituents is 1. The zero-order valence-corrected chi connectivity index (χ0v) is 21.0. The van der Waals surface area contributed by atoms with Crippen LogP contribution in [0.4, 0.5) is 24.5 Å². The van der Waals surface area contributed by atoms with E-state index in [2.05, 4.69) is 20.4 Å². The van der Waals surface area contributed by atoms with Crippen molar-refractivity contribution in [1.82, 2.24) is 15.5 Å². The third-order valence-electron chi connectivity index (χ3n) is 6.87. The lowest BCUT2D eigenvalue weighted by Gasteiger charge is -2.36. The number of ether oxygens (including phenoxy) is 1. The molecule has 39 heavy (non-hydrogen) atoms. The van der Waals surface area contributed by atoms with Crippen molar-refractivity contribution in [1.29, 1.82) is 0 Å². The van der Waals surface area contributed by atoms with Gasteiger partial charge in [-0.05, 0) is 41.0 Å². The molecule has 2 N–H and O–H groups in total. The first-order chi connectivity index (χ1) is 18.8. The summed E-state index contributed by atoms with van der Waals surface area (Å²) in [7, 11) is 0. The molecule has 0 radical (unpaired) electrons. The van der Waals surface area contributed by atoms with Gasteiger partial charge in [0.15, 0.2) is 5.75 Å². The van der Waals surface area contributed by atoms with Crippen LogP contribution in [0.25, 0.3) is 11.1 Å². The van der Waals surface area contributed by atoms with Crippen LogP contribution in [-0.4, -0.2) is 48.8 Å². The number of benzene rings is 3. The van der Waals surface area contributed by atoms with Crippen molar-refractivity contribution < 1.29 is 22.8 Å². The van der Waals surface area contributed by atoms with Gasteiger partial charge >= 0.3 is 11.9 Å². The normalized spacial score (nSPS) is 16.1. The van der Waals surface area contributed by atoms with Crippen molar-refractivity contribution in [3.63, 3.8) is 0 Å². The van der Waals surface area contributed by atoms with Gasteiger partial charge in [-0.15, -0.1) is 0 Å². The predicted molar refractivity (Wildman–Crippen MR) is 142 cm³/mol. The molecule has 3 aromatic rings. The molecule has 1 fully saturated rings. The number of hydrogen-bond acceptors (Lipinski definition) is 7. The van der Waals surface area contributed by atoms with E-state index in [1.165, 1.54) is 12.1 Å². The van der Waals surface area contributed by atoms with E-state index < -0.39 is 16.7 Å². The topological polar surface area (TPSA) is 82.9 Å². The third kappa shape index (κ3) is 6.43. The molecule has 8 nitrogen and oxygen atoms in total. The Hall–Kier alpha value is -4.25. The lowest BCUT2D eigenvalue weighted by atomic mass is 10.0. The first-order valence-electron chi connectivity index (χ1n) is 12.6. The van der Waals surface area contributed by atoms with Crippen LogP contribution in [0, 0.1) is 10.1 Å². The van der Waals surface area contributed by atoms with Crippen LogP contribution in [0.5, 0.6) is 5.75 Å². The average molecular weight is 540 g/mol. The summed E-state index contributed by atoms with van der Waals surface area (Å²) in [6.45, 7) is 4.02. The summed E-state index contributed by atoms with van der Waals surface area (Å²) in [6.07, 6.45) is -0.965. The Kier molecular flexibility index (Phi) is 7.60. The predicted octanol–water partition coefficient (Wildman–Crippen LogP) is 4.97. The zero-order chi connectivity index (χ0) is 27.4. The number of piperazine rings is 1. The summed E-state index contributed by atoms with van der Waals surface area (Å²) in [6, 6.07) is 18.1. The van der Waals surface area contributed by atoms with Crippen LogP contribution >= 0.6 is 0 Å². The molecule has 2 aliphatic heterocycles. The second kappa shape index (κ2) is 11.2. The van der Waals surface area contributed by atoms with Crippen LogP contribution < -0.4 is 20.3 Å². The number of rotatable bonds is 8. The van der Waals surface area contributed by atoms with Gasteiger partial charge < -0.3 is 20.3 Å². The van der Waals surface area contributed by atoms with Crippen molar-refractivity contribution in [2.75, 3.05) is 37.7 Å². The molecule has 2 heterocycles. The van der Waals surface area contributed by atoms with Crippen LogP contribution in [0.15, 0.2) is 79.1 Å². The molecule has 11 heteroatoms. The van der Waals surface area contributed by atoms with E-state index in [-0.39, 0.29) is 24.2 Å². The number of alkyl halides is 3. The highest BCUT2D eigenvalue weighted by Gasteiger charge is 2.30. The second-order valence-electron chi connectivity index (χ2n) is 9.47. The molecular formula is C28H28F3N5O3. The average Bonchev–Trinajstić information content (AvgIpc) is 3.46. The fourth-order valence-corrected chi connectivity index (χ4v) is 4.69. The van der Waals surface area contributed by atoms with Crippen molar-refractivity contribution >= 4 is 11.4 Å².